The largest absolute Gasteiger partial charge is 0.423 e. The first-order chi connectivity index (χ1) is 15.0. The van der Waals surface area contributed by atoms with Crippen molar-refractivity contribution in [3.05, 3.63) is 35.2 Å². The number of alkyl halides is 3. The third kappa shape index (κ3) is 5.22. The molecule has 2 aromatic rings. The molecule has 0 radical (unpaired) electrons. The Morgan fingerprint density at radius 1 is 1.34 bits per heavy atom. The van der Waals surface area contributed by atoms with Gasteiger partial charge in [-0.1, -0.05) is 43.9 Å². The van der Waals surface area contributed by atoms with Crippen molar-refractivity contribution in [2.24, 2.45) is 11.7 Å². The summed E-state index contributed by atoms with van der Waals surface area (Å²) in [7, 11) is 0. The van der Waals surface area contributed by atoms with Crippen LogP contribution in [-0.4, -0.2) is 41.6 Å². The van der Waals surface area contributed by atoms with Gasteiger partial charge in [0, 0.05) is 15.3 Å². The predicted molar refractivity (Wildman–Crippen MR) is 122 cm³/mol. The van der Waals surface area contributed by atoms with E-state index in [4.69, 9.17) is 5.73 Å². The molecule has 10 heteroatoms. The maximum Gasteiger partial charge on any atom is 0.423 e. The van der Waals surface area contributed by atoms with Crippen LogP contribution in [0.4, 0.5) is 13.2 Å². The summed E-state index contributed by atoms with van der Waals surface area (Å²) < 4.78 is 44.9. The van der Waals surface area contributed by atoms with Gasteiger partial charge in [-0.15, -0.1) is 23.1 Å². The molecule has 1 aromatic carbocycles. The zero-order valence-corrected chi connectivity index (χ0v) is 19.2. The monoisotopic (exact) mass is 483 g/mol. The smallest absolute Gasteiger partial charge is 0.368 e. The predicted octanol–water partition coefficient (Wildman–Crippen LogP) is 3.38. The molecule has 3 rings (SSSR count). The SMILES string of the molecule is CC(C)C[C@@H]1N[C@@](c2cc3ccccc3s2)(C(F)(F)F)C#CCSC[C@@H](C(N)=O)NC1=O. The first kappa shape index (κ1) is 24.4. The van der Waals surface area contributed by atoms with Crippen LogP contribution in [-0.2, 0) is 15.1 Å². The number of nitrogens with one attached hydrogen (secondary N) is 2. The molecule has 0 unspecified atom stereocenters. The summed E-state index contributed by atoms with van der Waals surface area (Å²) in [5, 5.41) is 5.75. The van der Waals surface area contributed by atoms with E-state index in [0.29, 0.717) is 10.1 Å². The number of thiophene rings is 1. The van der Waals surface area contributed by atoms with E-state index in [1.807, 2.05) is 13.8 Å². The summed E-state index contributed by atoms with van der Waals surface area (Å²) in [6, 6.07) is 6.25. The Morgan fingerprint density at radius 2 is 2.06 bits per heavy atom. The third-order valence-electron chi connectivity index (χ3n) is 5.03. The van der Waals surface area contributed by atoms with Crippen molar-refractivity contribution in [2.45, 2.75) is 44.1 Å². The number of halogens is 3. The lowest BCUT2D eigenvalue weighted by molar-refractivity contribution is -0.184. The van der Waals surface area contributed by atoms with Gasteiger partial charge in [-0.3, -0.25) is 14.9 Å². The Balaban J connectivity index is 2.16. The van der Waals surface area contributed by atoms with Crippen LogP contribution >= 0.6 is 23.1 Å². The Labute approximate surface area is 192 Å². The molecule has 0 aliphatic carbocycles. The van der Waals surface area contributed by atoms with Crippen molar-refractivity contribution in [3.63, 3.8) is 0 Å². The molecule has 0 spiro atoms. The zero-order chi connectivity index (χ0) is 23.5. The van der Waals surface area contributed by atoms with Crippen molar-refractivity contribution in [3.8, 4) is 11.8 Å². The minimum atomic E-state index is -4.81. The second-order valence-corrected chi connectivity index (χ2v) is 10.1. The van der Waals surface area contributed by atoms with E-state index in [2.05, 4.69) is 22.5 Å². The van der Waals surface area contributed by atoms with Crippen molar-refractivity contribution >= 4 is 45.0 Å². The van der Waals surface area contributed by atoms with Crippen LogP contribution in [0.15, 0.2) is 30.3 Å². The number of thioether (sulfide) groups is 1. The van der Waals surface area contributed by atoms with Crippen LogP contribution < -0.4 is 16.4 Å². The quantitative estimate of drug-likeness (QED) is 0.582. The van der Waals surface area contributed by atoms with E-state index in [0.717, 1.165) is 23.1 Å². The van der Waals surface area contributed by atoms with Crippen molar-refractivity contribution in [1.82, 2.24) is 10.6 Å². The van der Waals surface area contributed by atoms with Crippen LogP contribution in [0, 0.1) is 17.8 Å². The molecular formula is C22H24F3N3O2S2. The van der Waals surface area contributed by atoms with Gasteiger partial charge in [-0.25, -0.2) is 0 Å². The van der Waals surface area contributed by atoms with Crippen molar-refractivity contribution < 1.29 is 22.8 Å². The number of rotatable bonds is 4. The highest BCUT2D eigenvalue weighted by molar-refractivity contribution is 7.99. The fraction of sp³-hybridized carbons (Fsp3) is 0.455. The summed E-state index contributed by atoms with van der Waals surface area (Å²) in [5.74, 6) is 3.68. The lowest BCUT2D eigenvalue weighted by Gasteiger charge is -2.35. The van der Waals surface area contributed by atoms with Crippen LogP contribution in [0.2, 0.25) is 0 Å². The van der Waals surface area contributed by atoms with E-state index in [9.17, 15) is 22.8 Å². The molecule has 1 aromatic heterocycles. The van der Waals surface area contributed by atoms with E-state index in [-0.39, 0.29) is 28.7 Å². The highest BCUT2D eigenvalue weighted by atomic mass is 32.2. The normalized spacial score (nSPS) is 25.0. The summed E-state index contributed by atoms with van der Waals surface area (Å²) in [6.45, 7) is 3.61. The van der Waals surface area contributed by atoms with Crippen LogP contribution in [0.25, 0.3) is 10.1 Å². The third-order valence-corrected chi connectivity index (χ3v) is 7.18. The number of benzene rings is 1. The van der Waals surface area contributed by atoms with E-state index in [1.165, 1.54) is 6.07 Å². The average Bonchev–Trinajstić information content (AvgIpc) is 3.12. The number of fused-ring (bicyclic) bond motifs is 1. The number of carbonyl (C=O) groups excluding carboxylic acids is 2. The molecule has 172 valence electrons. The molecule has 0 saturated heterocycles. The number of hydrogen-bond acceptors (Lipinski definition) is 5. The van der Waals surface area contributed by atoms with E-state index < -0.39 is 35.6 Å². The molecule has 4 N–H and O–H groups in total. The lowest BCUT2D eigenvalue weighted by Crippen LogP contribution is -2.61. The van der Waals surface area contributed by atoms with Gasteiger partial charge in [0.1, 0.15) is 6.04 Å². The number of nitrogens with two attached hydrogens (primary N) is 1. The fourth-order valence-corrected chi connectivity index (χ4v) is 5.42. The van der Waals surface area contributed by atoms with Gasteiger partial charge < -0.3 is 11.1 Å². The zero-order valence-electron chi connectivity index (χ0n) is 17.6. The van der Waals surface area contributed by atoms with E-state index in [1.54, 1.807) is 24.3 Å². The first-order valence-electron chi connectivity index (χ1n) is 10.0. The molecule has 0 bridgehead atoms. The van der Waals surface area contributed by atoms with Crippen LogP contribution in [0.1, 0.15) is 25.1 Å². The summed E-state index contributed by atoms with van der Waals surface area (Å²) in [6.07, 6.45) is -4.69. The number of primary amides is 1. The number of amides is 2. The molecule has 5 nitrogen and oxygen atoms in total. The lowest BCUT2D eigenvalue weighted by atomic mass is 9.92. The van der Waals surface area contributed by atoms with Gasteiger partial charge in [0.05, 0.1) is 11.8 Å². The second kappa shape index (κ2) is 9.73. The molecule has 3 atom stereocenters. The Morgan fingerprint density at radius 3 is 2.69 bits per heavy atom. The van der Waals surface area contributed by atoms with Crippen molar-refractivity contribution in [2.75, 3.05) is 11.5 Å². The summed E-state index contributed by atoms with van der Waals surface area (Å²) in [5.41, 5.74) is 2.65. The minimum absolute atomic E-state index is 0.0315. The maximum atomic E-state index is 14.7. The summed E-state index contributed by atoms with van der Waals surface area (Å²) in [4.78, 5) is 24.7. The average molecular weight is 484 g/mol. The second-order valence-electron chi connectivity index (χ2n) is 8.00. The fourth-order valence-electron chi connectivity index (χ4n) is 3.46. The molecule has 0 fully saturated rings. The number of hydrogen-bond donors (Lipinski definition) is 3. The minimum Gasteiger partial charge on any atom is -0.368 e. The molecule has 2 heterocycles. The highest BCUT2D eigenvalue weighted by Crippen LogP contribution is 2.44. The van der Waals surface area contributed by atoms with Crippen LogP contribution in [0.5, 0.6) is 0 Å². The maximum absolute atomic E-state index is 14.7. The Bertz CT molecular complexity index is 1020. The molecular weight excluding hydrogens is 459 g/mol. The Hall–Kier alpha value is -2.22. The van der Waals surface area contributed by atoms with Gasteiger partial charge in [0.15, 0.2) is 0 Å². The molecule has 1 aliphatic rings. The van der Waals surface area contributed by atoms with Gasteiger partial charge in [-0.05, 0) is 29.9 Å². The first-order valence-corrected chi connectivity index (χ1v) is 12.0. The van der Waals surface area contributed by atoms with Crippen molar-refractivity contribution in [1.29, 1.82) is 0 Å². The van der Waals surface area contributed by atoms with Gasteiger partial charge in [-0.2, -0.15) is 13.2 Å². The molecule has 1 aliphatic heterocycles. The van der Waals surface area contributed by atoms with Gasteiger partial charge in [0.25, 0.3) is 0 Å². The summed E-state index contributed by atoms with van der Waals surface area (Å²) >= 11 is 2.14. The molecule has 2 amide bonds. The Kier molecular flexibility index (Phi) is 7.43. The van der Waals surface area contributed by atoms with E-state index >= 15 is 0 Å². The molecule has 32 heavy (non-hydrogen) atoms. The number of carbonyl (C=O) groups is 2. The van der Waals surface area contributed by atoms with Crippen LogP contribution in [0.3, 0.4) is 0 Å². The van der Waals surface area contributed by atoms with Gasteiger partial charge >= 0.3 is 6.18 Å². The topological polar surface area (TPSA) is 84.2 Å². The highest BCUT2D eigenvalue weighted by Gasteiger charge is 2.58. The molecule has 0 saturated carbocycles. The standard InChI is InChI=1S/C22H24F3N3O2S2/c1-13(2)10-15-20(30)27-16(19(26)29)12-31-9-5-8-21(28-15,22(23,24)25)18-11-14-6-3-4-7-17(14)32-18/h3-4,6-7,11,13,15-16,28H,9-10,12H2,1-2H3,(H2,26,29)(H,27,30)/t15-,16-,21-/m0/s1. The van der Waals surface area contributed by atoms with Gasteiger partial charge in [0.2, 0.25) is 17.4 Å².